The molecule has 0 spiro atoms. The van der Waals surface area contributed by atoms with E-state index in [4.69, 9.17) is 9.47 Å². The number of nitrogens with one attached hydrogen (secondary N) is 3. The quantitative estimate of drug-likeness (QED) is 0.304. The first-order valence-corrected chi connectivity index (χ1v) is 7.34. The van der Waals surface area contributed by atoms with Gasteiger partial charge in [0, 0.05) is 25.9 Å². The summed E-state index contributed by atoms with van der Waals surface area (Å²) in [6, 6.07) is -0.207. The Kier molecular flexibility index (Phi) is 12.0. The lowest BCUT2D eigenvalue weighted by Crippen LogP contribution is -2.37. The highest BCUT2D eigenvalue weighted by atomic mass is 16.5. The Morgan fingerprint density at radius 1 is 1.05 bits per heavy atom. The molecule has 0 aliphatic rings. The van der Waals surface area contributed by atoms with Crippen LogP contribution >= 0.6 is 0 Å². The summed E-state index contributed by atoms with van der Waals surface area (Å²) < 4.78 is 10.7. The van der Waals surface area contributed by atoms with Crippen LogP contribution in [0.25, 0.3) is 0 Å². The molecule has 0 rings (SSSR count). The zero-order valence-corrected chi connectivity index (χ0v) is 13.5. The van der Waals surface area contributed by atoms with Gasteiger partial charge in [-0.2, -0.15) is 0 Å². The van der Waals surface area contributed by atoms with E-state index in [0.717, 1.165) is 0 Å². The van der Waals surface area contributed by atoms with Gasteiger partial charge in [0.25, 0.3) is 0 Å². The molecule has 1 unspecified atom stereocenters. The van der Waals surface area contributed by atoms with Crippen LogP contribution in [-0.2, 0) is 23.9 Å². The smallest absolute Gasteiger partial charge is 0.222 e. The maximum Gasteiger partial charge on any atom is 0.222 e. The molecule has 0 aromatic rings. The molecular formula is C14H27N3O5. The van der Waals surface area contributed by atoms with E-state index in [0.29, 0.717) is 6.41 Å². The van der Waals surface area contributed by atoms with Crippen molar-refractivity contribution in [1.29, 1.82) is 0 Å². The molecule has 0 saturated heterocycles. The summed E-state index contributed by atoms with van der Waals surface area (Å²) in [7, 11) is 1.56. The van der Waals surface area contributed by atoms with Crippen LogP contribution in [0.2, 0.25) is 0 Å². The zero-order valence-electron chi connectivity index (χ0n) is 13.5. The fourth-order valence-corrected chi connectivity index (χ4v) is 1.54. The predicted octanol–water partition coefficient (Wildman–Crippen LogP) is -0.815. The Labute approximate surface area is 131 Å². The van der Waals surface area contributed by atoms with Gasteiger partial charge in [0.05, 0.1) is 32.5 Å². The maximum atomic E-state index is 11.4. The van der Waals surface area contributed by atoms with E-state index < -0.39 is 0 Å². The van der Waals surface area contributed by atoms with E-state index in [1.807, 2.05) is 13.8 Å². The van der Waals surface area contributed by atoms with Crippen LogP contribution < -0.4 is 16.0 Å². The summed E-state index contributed by atoms with van der Waals surface area (Å²) in [4.78, 5) is 32.9. The first-order chi connectivity index (χ1) is 10.5. The minimum Gasteiger partial charge on any atom is -0.379 e. The topological polar surface area (TPSA) is 106 Å². The van der Waals surface area contributed by atoms with Gasteiger partial charge < -0.3 is 25.4 Å². The number of hydrogen-bond acceptors (Lipinski definition) is 5. The van der Waals surface area contributed by atoms with Gasteiger partial charge in [0.15, 0.2) is 0 Å². The lowest BCUT2D eigenvalue weighted by atomic mass is 10.3. The van der Waals surface area contributed by atoms with Gasteiger partial charge in [-0.1, -0.05) is 0 Å². The molecule has 128 valence electrons. The molecule has 8 nitrogen and oxygen atoms in total. The molecular weight excluding hydrogens is 290 g/mol. The first kappa shape index (κ1) is 20.3. The highest BCUT2D eigenvalue weighted by molar-refractivity contribution is 5.76. The molecule has 3 amide bonds. The molecule has 0 saturated carbocycles. The number of rotatable bonds is 13. The van der Waals surface area contributed by atoms with Crippen LogP contribution in [0.3, 0.4) is 0 Å². The van der Waals surface area contributed by atoms with Crippen LogP contribution in [0, 0.1) is 0 Å². The molecule has 22 heavy (non-hydrogen) atoms. The van der Waals surface area contributed by atoms with Crippen molar-refractivity contribution in [3.05, 3.63) is 0 Å². The van der Waals surface area contributed by atoms with Gasteiger partial charge in [-0.05, 0) is 13.8 Å². The third kappa shape index (κ3) is 12.1. The van der Waals surface area contributed by atoms with Crippen molar-refractivity contribution in [3.8, 4) is 0 Å². The van der Waals surface area contributed by atoms with Gasteiger partial charge in [-0.15, -0.1) is 0 Å². The molecule has 0 aromatic carbocycles. The number of carbonyl (C=O) groups is 3. The van der Waals surface area contributed by atoms with Gasteiger partial charge in [0.1, 0.15) is 0 Å². The summed E-state index contributed by atoms with van der Waals surface area (Å²) in [5, 5.41) is 7.82. The van der Waals surface area contributed by atoms with Crippen molar-refractivity contribution in [1.82, 2.24) is 16.0 Å². The molecule has 0 fully saturated rings. The molecule has 8 heteroatoms. The molecule has 1 atom stereocenters. The van der Waals surface area contributed by atoms with Crippen LogP contribution in [0.15, 0.2) is 0 Å². The largest absolute Gasteiger partial charge is 0.379 e. The van der Waals surface area contributed by atoms with E-state index in [9.17, 15) is 14.4 Å². The molecule has 0 radical (unpaired) electrons. The van der Waals surface area contributed by atoms with Crippen LogP contribution in [0.5, 0.6) is 0 Å². The monoisotopic (exact) mass is 317 g/mol. The normalized spacial score (nSPS) is 11.8. The third-order valence-electron chi connectivity index (χ3n) is 2.62. The number of hydrogen-bond donors (Lipinski definition) is 3. The predicted molar refractivity (Wildman–Crippen MR) is 81.2 cm³/mol. The average molecular weight is 317 g/mol. The lowest BCUT2D eigenvalue weighted by molar-refractivity contribution is -0.123. The lowest BCUT2D eigenvalue weighted by Gasteiger charge is -2.16. The van der Waals surface area contributed by atoms with E-state index in [1.165, 1.54) is 0 Å². The fraction of sp³-hybridized carbons (Fsp3) is 0.786. The van der Waals surface area contributed by atoms with E-state index in [-0.39, 0.29) is 63.2 Å². The summed E-state index contributed by atoms with van der Waals surface area (Å²) in [5.74, 6) is -0.177. The fourth-order valence-electron chi connectivity index (χ4n) is 1.54. The number of carbonyl (C=O) groups excluding carboxylic acids is 3. The Balaban J connectivity index is 3.78. The minimum absolute atomic E-state index is 0.0725. The van der Waals surface area contributed by atoms with Gasteiger partial charge >= 0.3 is 0 Å². The maximum absolute atomic E-state index is 11.4. The van der Waals surface area contributed by atoms with Crippen molar-refractivity contribution in [2.75, 3.05) is 33.5 Å². The number of amides is 3. The van der Waals surface area contributed by atoms with Crippen molar-refractivity contribution < 1.29 is 23.9 Å². The van der Waals surface area contributed by atoms with Gasteiger partial charge in [-0.3, -0.25) is 14.4 Å². The molecule has 3 N–H and O–H groups in total. The van der Waals surface area contributed by atoms with Crippen LogP contribution in [0.4, 0.5) is 0 Å². The van der Waals surface area contributed by atoms with E-state index in [2.05, 4.69) is 16.0 Å². The Morgan fingerprint density at radius 2 is 1.59 bits per heavy atom. The second kappa shape index (κ2) is 13.0. The average Bonchev–Trinajstić information content (AvgIpc) is 2.46. The Bertz CT molecular complexity index is 336. The SMILES string of the molecule is CNC(=O)CCOCC(COCCC(=O)NC(C)C)NC=O. The Morgan fingerprint density at radius 3 is 2.05 bits per heavy atom. The summed E-state index contributed by atoms with van der Waals surface area (Å²) in [5.41, 5.74) is 0. The summed E-state index contributed by atoms with van der Waals surface area (Å²) >= 11 is 0. The molecule has 0 aromatic heterocycles. The Hall–Kier alpha value is -1.67. The highest BCUT2D eigenvalue weighted by Crippen LogP contribution is 1.92. The molecule has 0 aliphatic carbocycles. The standard InChI is InChI=1S/C14H27N3O5/c1-11(2)17-14(20)5-7-22-9-12(16-10-18)8-21-6-4-13(19)15-3/h10-12H,4-9H2,1-3H3,(H,15,19)(H,16,18)(H,17,20). The molecule has 0 heterocycles. The van der Waals surface area contributed by atoms with Gasteiger partial charge in [0.2, 0.25) is 18.2 Å². The van der Waals surface area contributed by atoms with Crippen LogP contribution in [0.1, 0.15) is 26.7 Å². The summed E-state index contributed by atoms with van der Waals surface area (Å²) in [6.45, 7) is 4.81. The highest BCUT2D eigenvalue weighted by Gasteiger charge is 2.09. The minimum atomic E-state index is -0.310. The molecule has 0 aliphatic heterocycles. The van der Waals surface area contributed by atoms with Crippen molar-refractivity contribution in [2.24, 2.45) is 0 Å². The zero-order chi connectivity index (χ0) is 16.8. The van der Waals surface area contributed by atoms with Crippen LogP contribution in [-0.4, -0.2) is 63.8 Å². The number of ether oxygens (including phenoxy) is 2. The second-order valence-corrected chi connectivity index (χ2v) is 5.03. The summed E-state index contributed by atoms with van der Waals surface area (Å²) in [6.07, 6.45) is 1.10. The van der Waals surface area contributed by atoms with E-state index in [1.54, 1.807) is 7.05 Å². The van der Waals surface area contributed by atoms with E-state index >= 15 is 0 Å². The van der Waals surface area contributed by atoms with Crippen molar-refractivity contribution in [3.63, 3.8) is 0 Å². The second-order valence-electron chi connectivity index (χ2n) is 5.03. The molecule has 0 bridgehead atoms. The van der Waals surface area contributed by atoms with Crippen molar-refractivity contribution >= 4 is 18.2 Å². The van der Waals surface area contributed by atoms with Crippen molar-refractivity contribution in [2.45, 2.75) is 38.8 Å². The van der Waals surface area contributed by atoms with Gasteiger partial charge in [-0.25, -0.2) is 0 Å². The first-order valence-electron chi connectivity index (χ1n) is 7.34. The third-order valence-corrected chi connectivity index (χ3v) is 2.62.